The zero-order chi connectivity index (χ0) is 9.90. The van der Waals surface area contributed by atoms with Crippen molar-refractivity contribution in [2.24, 2.45) is 5.41 Å². The number of nitrogens with zero attached hydrogens (tertiary/aromatic N) is 1. The van der Waals surface area contributed by atoms with Gasteiger partial charge in [0, 0.05) is 12.8 Å². The number of hydrogen-bond acceptors (Lipinski definition) is 4. The first-order chi connectivity index (χ1) is 6.14. The smallest absolute Gasteiger partial charge is 0.326 e. The molecule has 0 aromatic heterocycles. The van der Waals surface area contributed by atoms with Crippen molar-refractivity contribution in [1.29, 1.82) is 5.26 Å². The summed E-state index contributed by atoms with van der Waals surface area (Å²) in [6, 6.07) is 1.90. The van der Waals surface area contributed by atoms with Gasteiger partial charge in [0.2, 0.25) is 0 Å². The van der Waals surface area contributed by atoms with Crippen molar-refractivity contribution in [3.63, 3.8) is 0 Å². The highest BCUT2D eigenvalue weighted by Crippen LogP contribution is 2.36. The Bertz CT molecular complexity index is 279. The van der Waals surface area contributed by atoms with Crippen molar-refractivity contribution in [3.8, 4) is 6.07 Å². The van der Waals surface area contributed by atoms with Crippen molar-refractivity contribution in [3.05, 3.63) is 0 Å². The van der Waals surface area contributed by atoms with Crippen LogP contribution in [0.25, 0.3) is 0 Å². The van der Waals surface area contributed by atoms with Crippen molar-refractivity contribution >= 4 is 11.8 Å². The minimum Gasteiger partial charge on any atom is -0.465 e. The van der Waals surface area contributed by atoms with Crippen LogP contribution in [-0.4, -0.2) is 18.4 Å². The highest BCUT2D eigenvalue weighted by atomic mass is 16.5. The van der Waals surface area contributed by atoms with Crippen LogP contribution in [0.5, 0.6) is 0 Å². The first-order valence-electron chi connectivity index (χ1n) is 4.25. The van der Waals surface area contributed by atoms with Gasteiger partial charge in [-0.25, -0.2) is 0 Å². The van der Waals surface area contributed by atoms with Gasteiger partial charge in [0.1, 0.15) is 5.78 Å². The Balaban J connectivity index is 2.78. The summed E-state index contributed by atoms with van der Waals surface area (Å²) in [5.41, 5.74) is -1.19. The highest BCUT2D eigenvalue weighted by molar-refractivity contribution is 5.92. The van der Waals surface area contributed by atoms with E-state index in [1.54, 1.807) is 6.92 Å². The number of carbonyl (C=O) groups is 2. The standard InChI is InChI=1S/C9H11NO3/c1-2-13-8(12)9(6-10)4-3-7(11)5-9/h2-5H2,1H3. The van der Waals surface area contributed by atoms with Crippen LogP contribution < -0.4 is 0 Å². The number of carbonyl (C=O) groups excluding carboxylic acids is 2. The van der Waals surface area contributed by atoms with Crippen LogP contribution in [0.2, 0.25) is 0 Å². The van der Waals surface area contributed by atoms with E-state index in [9.17, 15) is 9.59 Å². The number of Topliss-reactive ketones (excluding diaryl/α,β-unsaturated/α-hetero) is 1. The fraction of sp³-hybridized carbons (Fsp3) is 0.667. The monoisotopic (exact) mass is 181 g/mol. The molecule has 0 aromatic rings. The quantitative estimate of drug-likeness (QED) is 0.591. The Kier molecular flexibility index (Phi) is 2.66. The number of rotatable bonds is 2. The second kappa shape index (κ2) is 3.56. The molecule has 0 aliphatic heterocycles. The average Bonchev–Trinajstić information content (AvgIpc) is 2.49. The van der Waals surface area contributed by atoms with Gasteiger partial charge in [-0.05, 0) is 13.3 Å². The van der Waals surface area contributed by atoms with E-state index < -0.39 is 11.4 Å². The molecule has 0 heterocycles. The molecule has 0 N–H and O–H groups in total. The SMILES string of the molecule is CCOC(=O)C1(C#N)CCC(=O)C1. The largest absolute Gasteiger partial charge is 0.465 e. The number of ether oxygens (including phenoxy) is 1. The topological polar surface area (TPSA) is 67.2 Å². The molecule has 0 aromatic carbocycles. The lowest BCUT2D eigenvalue weighted by Gasteiger charge is -2.16. The van der Waals surface area contributed by atoms with Gasteiger partial charge in [-0.15, -0.1) is 0 Å². The molecule has 4 heteroatoms. The predicted octanol–water partition coefficient (Wildman–Crippen LogP) is 0.812. The minimum absolute atomic E-state index is 0.0162. The third-order valence-electron chi connectivity index (χ3n) is 2.21. The fourth-order valence-corrected chi connectivity index (χ4v) is 1.45. The van der Waals surface area contributed by atoms with E-state index in [1.807, 2.05) is 6.07 Å². The van der Waals surface area contributed by atoms with Crippen molar-refractivity contribution in [1.82, 2.24) is 0 Å². The van der Waals surface area contributed by atoms with Crippen molar-refractivity contribution in [2.75, 3.05) is 6.61 Å². The molecule has 0 saturated heterocycles. The minimum atomic E-state index is -1.19. The normalized spacial score (nSPS) is 26.9. The molecule has 0 amide bonds. The zero-order valence-electron chi connectivity index (χ0n) is 7.50. The Morgan fingerprint density at radius 1 is 1.77 bits per heavy atom. The lowest BCUT2D eigenvalue weighted by atomic mass is 9.88. The molecule has 1 rings (SSSR count). The molecule has 1 aliphatic rings. The van der Waals surface area contributed by atoms with E-state index in [-0.39, 0.29) is 18.8 Å². The second-order valence-electron chi connectivity index (χ2n) is 3.13. The number of nitriles is 1. The van der Waals surface area contributed by atoms with E-state index in [0.717, 1.165) is 0 Å². The Morgan fingerprint density at radius 2 is 2.46 bits per heavy atom. The summed E-state index contributed by atoms with van der Waals surface area (Å²) in [6.07, 6.45) is 0.635. The van der Waals surface area contributed by atoms with Crippen LogP contribution in [0.4, 0.5) is 0 Å². The zero-order valence-corrected chi connectivity index (χ0v) is 7.50. The van der Waals surface area contributed by atoms with Crippen LogP contribution in [-0.2, 0) is 14.3 Å². The van der Waals surface area contributed by atoms with Gasteiger partial charge in [0.15, 0.2) is 5.41 Å². The molecule has 0 radical (unpaired) electrons. The predicted molar refractivity (Wildman–Crippen MR) is 43.5 cm³/mol. The maximum absolute atomic E-state index is 11.3. The van der Waals surface area contributed by atoms with Crippen LogP contribution in [0, 0.1) is 16.7 Å². The maximum atomic E-state index is 11.3. The molecule has 4 nitrogen and oxygen atoms in total. The molecule has 70 valence electrons. The fourth-order valence-electron chi connectivity index (χ4n) is 1.45. The average molecular weight is 181 g/mol. The molecular weight excluding hydrogens is 170 g/mol. The molecule has 1 aliphatic carbocycles. The molecule has 1 unspecified atom stereocenters. The van der Waals surface area contributed by atoms with Gasteiger partial charge in [-0.2, -0.15) is 5.26 Å². The summed E-state index contributed by atoms with van der Waals surface area (Å²) in [5, 5.41) is 8.83. The van der Waals surface area contributed by atoms with Crippen LogP contribution >= 0.6 is 0 Å². The summed E-state index contributed by atoms with van der Waals surface area (Å²) in [5.74, 6) is -0.585. The van der Waals surface area contributed by atoms with Crippen molar-refractivity contribution in [2.45, 2.75) is 26.2 Å². The van der Waals surface area contributed by atoms with E-state index in [1.165, 1.54) is 0 Å². The summed E-state index contributed by atoms with van der Waals surface area (Å²) < 4.78 is 4.75. The Hall–Kier alpha value is -1.37. The van der Waals surface area contributed by atoms with Crippen LogP contribution in [0.1, 0.15) is 26.2 Å². The molecule has 13 heavy (non-hydrogen) atoms. The van der Waals surface area contributed by atoms with Gasteiger partial charge >= 0.3 is 5.97 Å². The van der Waals surface area contributed by atoms with E-state index in [4.69, 9.17) is 10.00 Å². The maximum Gasteiger partial charge on any atom is 0.326 e. The van der Waals surface area contributed by atoms with Gasteiger partial charge < -0.3 is 4.74 Å². The van der Waals surface area contributed by atoms with E-state index in [2.05, 4.69) is 0 Å². The third-order valence-corrected chi connectivity index (χ3v) is 2.21. The lowest BCUT2D eigenvalue weighted by molar-refractivity contribution is -0.152. The Labute approximate surface area is 76.5 Å². The number of ketones is 1. The molecular formula is C9H11NO3. The van der Waals surface area contributed by atoms with Gasteiger partial charge in [0.25, 0.3) is 0 Å². The Morgan fingerprint density at radius 3 is 2.85 bits per heavy atom. The second-order valence-corrected chi connectivity index (χ2v) is 3.13. The van der Waals surface area contributed by atoms with Gasteiger partial charge in [-0.3, -0.25) is 9.59 Å². The first kappa shape index (κ1) is 9.72. The van der Waals surface area contributed by atoms with E-state index >= 15 is 0 Å². The highest BCUT2D eigenvalue weighted by Gasteiger charge is 2.46. The molecule has 1 atom stereocenters. The summed E-state index contributed by atoms with van der Waals surface area (Å²) in [7, 11) is 0. The first-order valence-corrected chi connectivity index (χ1v) is 4.25. The molecule has 1 saturated carbocycles. The van der Waals surface area contributed by atoms with Gasteiger partial charge in [-0.1, -0.05) is 0 Å². The third kappa shape index (κ3) is 1.69. The van der Waals surface area contributed by atoms with Gasteiger partial charge in [0.05, 0.1) is 12.7 Å². The van der Waals surface area contributed by atoms with Crippen LogP contribution in [0.3, 0.4) is 0 Å². The molecule has 0 bridgehead atoms. The van der Waals surface area contributed by atoms with Crippen LogP contribution in [0.15, 0.2) is 0 Å². The summed E-state index contributed by atoms with van der Waals surface area (Å²) in [6.45, 7) is 1.93. The van der Waals surface area contributed by atoms with Crippen molar-refractivity contribution < 1.29 is 14.3 Å². The summed E-state index contributed by atoms with van der Waals surface area (Å²) >= 11 is 0. The molecule has 0 spiro atoms. The number of esters is 1. The number of hydrogen-bond donors (Lipinski definition) is 0. The molecule has 1 fully saturated rings. The summed E-state index contributed by atoms with van der Waals surface area (Å²) in [4.78, 5) is 22.3. The lowest BCUT2D eigenvalue weighted by Crippen LogP contribution is -2.29. The van der Waals surface area contributed by atoms with E-state index in [0.29, 0.717) is 12.8 Å².